The fraction of sp³-hybridized carbons (Fsp3) is 0.0370. The average molecular weight is 761 g/mol. The van der Waals surface area contributed by atoms with Crippen LogP contribution in [0.15, 0.2) is 205 Å². The molecule has 58 heavy (non-hydrogen) atoms. The Kier molecular flexibility index (Phi) is 7.54. The third-order valence-corrected chi connectivity index (χ3v) is 13.1. The molecule has 9 aromatic carbocycles. The number of benzene rings is 9. The fourth-order valence-electron chi connectivity index (χ4n) is 9.31. The van der Waals surface area contributed by atoms with E-state index in [1.165, 1.54) is 58.2 Å². The van der Waals surface area contributed by atoms with Crippen LogP contribution in [0, 0.1) is 0 Å². The summed E-state index contributed by atoms with van der Waals surface area (Å²) in [4.78, 5) is 4.91. The third-order valence-electron chi connectivity index (χ3n) is 11.9. The molecule has 0 radical (unpaired) electrons. The summed E-state index contributed by atoms with van der Waals surface area (Å²) >= 11 is 1.83. The van der Waals surface area contributed by atoms with E-state index in [1.54, 1.807) is 0 Å². The molecule has 0 saturated heterocycles. The van der Waals surface area contributed by atoms with E-state index >= 15 is 0 Å². The first-order valence-electron chi connectivity index (χ1n) is 19.9. The predicted octanol–water partition coefficient (Wildman–Crippen LogP) is 15.9. The zero-order valence-electron chi connectivity index (χ0n) is 31.5. The zero-order chi connectivity index (χ0) is 38.2. The SMILES string of the molecule is C1=CCC(N(c2ccc3c(c2)oc2c3ccc3c2sc2cc(N(c4ccccc4)c4cccc5ccccc45)c4ccccc4c23)c2cccc3ccccc23)C=C1. The lowest BCUT2D eigenvalue weighted by atomic mass is 9.99. The maximum atomic E-state index is 7.01. The smallest absolute Gasteiger partial charge is 0.153 e. The maximum Gasteiger partial charge on any atom is 0.153 e. The molecule has 0 amide bonds. The minimum absolute atomic E-state index is 0.179. The zero-order valence-corrected chi connectivity index (χ0v) is 32.4. The van der Waals surface area contributed by atoms with Crippen molar-refractivity contribution in [1.29, 1.82) is 0 Å². The number of anilines is 5. The van der Waals surface area contributed by atoms with E-state index in [0.717, 1.165) is 51.1 Å². The van der Waals surface area contributed by atoms with Crippen LogP contribution in [0.1, 0.15) is 6.42 Å². The normalized spacial score (nSPS) is 14.2. The molecule has 0 saturated carbocycles. The molecule has 2 aromatic heterocycles. The molecule has 1 aliphatic rings. The molecule has 1 atom stereocenters. The van der Waals surface area contributed by atoms with Gasteiger partial charge in [-0.3, -0.25) is 0 Å². The van der Waals surface area contributed by atoms with Gasteiger partial charge >= 0.3 is 0 Å². The van der Waals surface area contributed by atoms with Gasteiger partial charge in [0.2, 0.25) is 0 Å². The van der Waals surface area contributed by atoms with Crippen LogP contribution in [-0.4, -0.2) is 6.04 Å². The second-order valence-corrected chi connectivity index (χ2v) is 16.2. The first-order valence-corrected chi connectivity index (χ1v) is 20.8. The summed E-state index contributed by atoms with van der Waals surface area (Å²) < 4.78 is 9.42. The molecule has 0 bridgehead atoms. The molecular weight excluding hydrogens is 725 g/mol. The minimum Gasteiger partial charge on any atom is -0.454 e. The van der Waals surface area contributed by atoms with Crippen molar-refractivity contribution >= 4 is 114 Å². The lowest BCUT2D eigenvalue weighted by Crippen LogP contribution is -2.29. The van der Waals surface area contributed by atoms with Crippen LogP contribution in [0.2, 0.25) is 0 Å². The monoisotopic (exact) mass is 760 g/mol. The lowest BCUT2D eigenvalue weighted by Gasteiger charge is -2.33. The van der Waals surface area contributed by atoms with Crippen LogP contribution in [0.4, 0.5) is 28.4 Å². The Morgan fingerprint density at radius 3 is 1.91 bits per heavy atom. The van der Waals surface area contributed by atoms with E-state index in [0.29, 0.717) is 0 Å². The number of allylic oxidation sites excluding steroid dienone is 2. The molecule has 12 rings (SSSR count). The average Bonchev–Trinajstić information content (AvgIpc) is 3.86. The molecular formula is C54H36N2OS. The minimum atomic E-state index is 0.179. The van der Waals surface area contributed by atoms with Gasteiger partial charge in [-0.1, -0.05) is 146 Å². The second-order valence-electron chi connectivity index (χ2n) is 15.2. The van der Waals surface area contributed by atoms with Crippen molar-refractivity contribution in [3.8, 4) is 0 Å². The largest absolute Gasteiger partial charge is 0.454 e. The Hall–Kier alpha value is -7.14. The molecule has 0 N–H and O–H groups in total. The van der Waals surface area contributed by atoms with Gasteiger partial charge in [0.25, 0.3) is 0 Å². The van der Waals surface area contributed by atoms with Crippen LogP contribution in [0.25, 0.3) is 74.4 Å². The third kappa shape index (κ3) is 5.12. The number of hydrogen-bond acceptors (Lipinski definition) is 4. The molecule has 1 unspecified atom stereocenters. The van der Waals surface area contributed by atoms with E-state index in [2.05, 4.69) is 210 Å². The molecule has 11 aromatic rings. The fourth-order valence-corrected chi connectivity index (χ4v) is 10.5. The van der Waals surface area contributed by atoms with Crippen LogP contribution in [0.5, 0.6) is 0 Å². The van der Waals surface area contributed by atoms with Crippen molar-refractivity contribution in [1.82, 2.24) is 0 Å². The molecule has 3 nitrogen and oxygen atoms in total. The van der Waals surface area contributed by atoms with E-state index in [9.17, 15) is 0 Å². The van der Waals surface area contributed by atoms with Crippen molar-refractivity contribution in [3.63, 3.8) is 0 Å². The van der Waals surface area contributed by atoms with Crippen LogP contribution < -0.4 is 9.80 Å². The summed E-state index contributed by atoms with van der Waals surface area (Å²) in [5, 5.41) is 12.1. The number of nitrogens with zero attached hydrogens (tertiary/aromatic N) is 2. The quantitative estimate of drug-likeness (QED) is 0.168. The topological polar surface area (TPSA) is 19.6 Å². The highest BCUT2D eigenvalue weighted by molar-refractivity contribution is 7.26. The van der Waals surface area contributed by atoms with Gasteiger partial charge in [0.15, 0.2) is 5.58 Å². The molecule has 4 heteroatoms. The van der Waals surface area contributed by atoms with Gasteiger partial charge in [-0.15, -0.1) is 11.3 Å². The molecule has 1 aliphatic carbocycles. The van der Waals surface area contributed by atoms with Crippen molar-refractivity contribution in [2.45, 2.75) is 12.5 Å². The first kappa shape index (κ1) is 33.0. The Morgan fingerprint density at radius 1 is 0.483 bits per heavy atom. The molecule has 0 fully saturated rings. The van der Waals surface area contributed by atoms with Crippen LogP contribution in [-0.2, 0) is 0 Å². The number of fused-ring (bicyclic) bond motifs is 11. The molecule has 2 heterocycles. The molecule has 274 valence electrons. The number of para-hydroxylation sites is 1. The highest BCUT2D eigenvalue weighted by atomic mass is 32.1. The number of thiophene rings is 1. The summed E-state index contributed by atoms with van der Waals surface area (Å²) in [6.07, 6.45) is 9.81. The van der Waals surface area contributed by atoms with E-state index < -0.39 is 0 Å². The van der Waals surface area contributed by atoms with Gasteiger partial charge in [0, 0.05) is 65.5 Å². The van der Waals surface area contributed by atoms with Crippen molar-refractivity contribution in [3.05, 3.63) is 200 Å². The Labute approximate surface area is 339 Å². The van der Waals surface area contributed by atoms with Gasteiger partial charge in [-0.25, -0.2) is 0 Å². The Bertz CT molecular complexity index is 3450. The van der Waals surface area contributed by atoms with Gasteiger partial charge in [-0.2, -0.15) is 0 Å². The molecule has 0 spiro atoms. The van der Waals surface area contributed by atoms with E-state index in [-0.39, 0.29) is 6.04 Å². The summed E-state index contributed by atoms with van der Waals surface area (Å²) in [5.74, 6) is 0. The Balaban J connectivity index is 1.07. The summed E-state index contributed by atoms with van der Waals surface area (Å²) in [5.41, 5.74) is 7.59. The number of rotatable bonds is 6. The summed E-state index contributed by atoms with van der Waals surface area (Å²) in [6, 6.07) is 64.1. The van der Waals surface area contributed by atoms with Gasteiger partial charge in [0.05, 0.1) is 22.1 Å². The number of furan rings is 1. The highest BCUT2D eigenvalue weighted by Crippen LogP contribution is 2.50. The van der Waals surface area contributed by atoms with Crippen LogP contribution in [0.3, 0.4) is 0 Å². The van der Waals surface area contributed by atoms with Crippen molar-refractivity contribution < 1.29 is 4.42 Å². The summed E-state index contributed by atoms with van der Waals surface area (Å²) in [6.45, 7) is 0. The summed E-state index contributed by atoms with van der Waals surface area (Å²) in [7, 11) is 0. The maximum absolute atomic E-state index is 7.01. The standard InChI is InChI=1S/C54H36N2OS/c1-3-19-37(20-4-1)55(47-27-13-17-35-15-7-9-23-40(35)47)39-29-30-43-45-31-32-46-52-44-26-12-11-25-42(44)49(34-51(52)58-54(46)53(45)57-50(43)33-39)56(38-21-5-2-6-22-38)48-28-14-18-36-16-8-10-24-41(36)48/h1-19,21-34,37H,20H2. The lowest BCUT2D eigenvalue weighted by molar-refractivity contribution is 0.672. The van der Waals surface area contributed by atoms with Gasteiger partial charge in [-0.05, 0) is 71.1 Å². The van der Waals surface area contributed by atoms with E-state index in [4.69, 9.17) is 4.42 Å². The predicted molar refractivity (Wildman–Crippen MR) is 249 cm³/mol. The van der Waals surface area contributed by atoms with Crippen molar-refractivity contribution in [2.75, 3.05) is 9.80 Å². The van der Waals surface area contributed by atoms with E-state index in [1.807, 2.05) is 11.3 Å². The number of hydrogen-bond donors (Lipinski definition) is 0. The highest BCUT2D eigenvalue weighted by Gasteiger charge is 2.25. The molecule has 0 aliphatic heterocycles. The van der Waals surface area contributed by atoms with Crippen molar-refractivity contribution in [2.24, 2.45) is 0 Å². The van der Waals surface area contributed by atoms with Gasteiger partial charge in [0.1, 0.15) is 5.58 Å². The first-order chi connectivity index (χ1) is 28.8. The van der Waals surface area contributed by atoms with Crippen LogP contribution >= 0.6 is 11.3 Å². The Morgan fingerprint density at radius 2 is 1.14 bits per heavy atom. The second kappa shape index (κ2) is 13.2. The van der Waals surface area contributed by atoms with Gasteiger partial charge < -0.3 is 14.2 Å².